The molecule has 120 valence electrons. The van der Waals surface area contributed by atoms with Crippen molar-refractivity contribution in [2.45, 2.75) is 6.92 Å². The van der Waals surface area contributed by atoms with Crippen molar-refractivity contribution in [3.05, 3.63) is 59.7 Å². The third-order valence-electron chi connectivity index (χ3n) is 3.49. The molecule has 0 bridgehead atoms. The molecule has 0 spiro atoms. The number of nitrogens with zero attached hydrogens (tertiary/aromatic N) is 2. The van der Waals surface area contributed by atoms with E-state index >= 15 is 0 Å². The highest BCUT2D eigenvalue weighted by Crippen LogP contribution is 2.12. The summed E-state index contributed by atoms with van der Waals surface area (Å²) in [5.74, 6) is 1.69. The quantitative estimate of drug-likeness (QED) is 0.751. The fourth-order valence-electron chi connectivity index (χ4n) is 2.01. The number of ether oxygens (including phenoxy) is 2. The first-order valence-electron chi connectivity index (χ1n) is 7.68. The average molecular weight is 310 g/mol. The Morgan fingerprint density at radius 2 is 1.35 bits per heavy atom. The van der Waals surface area contributed by atoms with Crippen molar-refractivity contribution in [2.24, 2.45) is 0 Å². The molecule has 0 aliphatic rings. The van der Waals surface area contributed by atoms with Crippen LogP contribution in [0.25, 0.3) is 0 Å². The van der Waals surface area contributed by atoms with Crippen LogP contribution in [0.3, 0.4) is 0 Å². The standard InChI is InChI=1S/C19H22N2O2/c1-16-3-7-18(8-4-16)22-13-11-21(2)12-14-23-19-9-5-17(15-20)6-10-19/h3-10H,11-14H2,1-2H3. The van der Waals surface area contributed by atoms with Crippen molar-refractivity contribution >= 4 is 0 Å². The molecule has 0 heterocycles. The van der Waals surface area contributed by atoms with E-state index in [2.05, 4.69) is 17.9 Å². The first-order chi connectivity index (χ1) is 11.2. The molecule has 0 aliphatic heterocycles. The average Bonchev–Trinajstić information content (AvgIpc) is 2.57. The Bertz CT molecular complexity index is 630. The lowest BCUT2D eigenvalue weighted by Crippen LogP contribution is -2.28. The van der Waals surface area contributed by atoms with Crippen molar-refractivity contribution in [2.75, 3.05) is 33.4 Å². The predicted molar refractivity (Wildman–Crippen MR) is 90.8 cm³/mol. The molecule has 0 saturated heterocycles. The smallest absolute Gasteiger partial charge is 0.119 e. The van der Waals surface area contributed by atoms with E-state index in [0.29, 0.717) is 18.8 Å². The van der Waals surface area contributed by atoms with Crippen LogP contribution in [0.2, 0.25) is 0 Å². The maximum Gasteiger partial charge on any atom is 0.119 e. The van der Waals surface area contributed by atoms with E-state index in [-0.39, 0.29) is 0 Å². The number of nitriles is 1. The molecule has 4 heteroatoms. The van der Waals surface area contributed by atoms with Gasteiger partial charge in [0.05, 0.1) is 11.6 Å². The molecule has 0 aliphatic carbocycles. The molecule has 0 atom stereocenters. The van der Waals surface area contributed by atoms with E-state index in [1.165, 1.54) is 5.56 Å². The summed E-state index contributed by atoms with van der Waals surface area (Å²) in [7, 11) is 2.04. The zero-order valence-corrected chi connectivity index (χ0v) is 13.7. The first kappa shape index (κ1) is 16.9. The molecule has 2 aromatic rings. The minimum Gasteiger partial charge on any atom is -0.492 e. The van der Waals surface area contributed by atoms with E-state index in [4.69, 9.17) is 14.7 Å². The van der Waals surface area contributed by atoms with Crippen LogP contribution in [0.15, 0.2) is 48.5 Å². The van der Waals surface area contributed by atoms with Crippen molar-refractivity contribution in [3.63, 3.8) is 0 Å². The summed E-state index contributed by atoms with van der Waals surface area (Å²) >= 11 is 0. The normalized spacial score (nSPS) is 10.3. The van der Waals surface area contributed by atoms with E-state index in [0.717, 1.165) is 24.6 Å². The van der Waals surface area contributed by atoms with Crippen molar-refractivity contribution in [1.82, 2.24) is 4.90 Å². The van der Waals surface area contributed by atoms with Crippen molar-refractivity contribution in [3.8, 4) is 17.6 Å². The topological polar surface area (TPSA) is 45.5 Å². The molecule has 0 N–H and O–H groups in total. The zero-order valence-electron chi connectivity index (χ0n) is 13.7. The van der Waals surface area contributed by atoms with Crippen LogP contribution in [0, 0.1) is 18.3 Å². The van der Waals surface area contributed by atoms with Crippen LogP contribution in [0.4, 0.5) is 0 Å². The largest absolute Gasteiger partial charge is 0.492 e. The van der Waals surface area contributed by atoms with Crippen molar-refractivity contribution < 1.29 is 9.47 Å². The lowest BCUT2D eigenvalue weighted by atomic mass is 10.2. The second kappa shape index (κ2) is 8.82. The van der Waals surface area contributed by atoms with Gasteiger partial charge in [-0.1, -0.05) is 17.7 Å². The molecule has 4 nitrogen and oxygen atoms in total. The highest BCUT2D eigenvalue weighted by atomic mass is 16.5. The summed E-state index contributed by atoms with van der Waals surface area (Å²) in [5, 5.41) is 8.75. The Labute approximate surface area is 137 Å². The maximum absolute atomic E-state index is 8.75. The van der Waals surface area contributed by atoms with Gasteiger partial charge >= 0.3 is 0 Å². The van der Waals surface area contributed by atoms with Crippen LogP contribution in [-0.4, -0.2) is 38.3 Å². The highest BCUT2D eigenvalue weighted by molar-refractivity contribution is 5.34. The third-order valence-corrected chi connectivity index (χ3v) is 3.49. The lowest BCUT2D eigenvalue weighted by Gasteiger charge is -2.17. The summed E-state index contributed by atoms with van der Waals surface area (Å²) < 4.78 is 11.4. The molecule has 0 amide bonds. The van der Waals surface area contributed by atoms with Gasteiger partial charge in [-0.05, 0) is 50.4 Å². The number of hydrogen-bond donors (Lipinski definition) is 0. The Balaban J connectivity index is 1.62. The molecule has 0 unspecified atom stereocenters. The molecular formula is C19H22N2O2. The van der Waals surface area contributed by atoms with Crippen LogP contribution < -0.4 is 9.47 Å². The Morgan fingerprint density at radius 1 is 0.870 bits per heavy atom. The fraction of sp³-hybridized carbons (Fsp3) is 0.316. The van der Waals surface area contributed by atoms with Crippen LogP contribution in [-0.2, 0) is 0 Å². The molecule has 23 heavy (non-hydrogen) atoms. The van der Waals surface area contributed by atoms with Gasteiger partial charge in [0.25, 0.3) is 0 Å². The Hall–Kier alpha value is -2.51. The van der Waals surface area contributed by atoms with Gasteiger partial charge in [-0.3, -0.25) is 4.90 Å². The summed E-state index contributed by atoms with van der Waals surface area (Å²) in [4.78, 5) is 2.16. The summed E-state index contributed by atoms with van der Waals surface area (Å²) in [6.07, 6.45) is 0. The van der Waals surface area contributed by atoms with E-state index in [1.54, 1.807) is 12.1 Å². The van der Waals surface area contributed by atoms with Crippen LogP contribution >= 0.6 is 0 Å². The van der Waals surface area contributed by atoms with Gasteiger partial charge in [0.1, 0.15) is 24.7 Å². The van der Waals surface area contributed by atoms with Crippen molar-refractivity contribution in [1.29, 1.82) is 5.26 Å². The van der Waals surface area contributed by atoms with E-state index < -0.39 is 0 Å². The number of benzene rings is 2. The second-order valence-corrected chi connectivity index (χ2v) is 5.45. The number of aryl methyl sites for hydroxylation is 1. The second-order valence-electron chi connectivity index (χ2n) is 5.45. The molecule has 0 aromatic heterocycles. The molecule has 0 saturated carbocycles. The van der Waals surface area contributed by atoms with E-state index in [9.17, 15) is 0 Å². The summed E-state index contributed by atoms with van der Waals surface area (Å²) in [5.41, 5.74) is 1.87. The zero-order chi connectivity index (χ0) is 16.5. The molecular weight excluding hydrogens is 288 g/mol. The van der Waals surface area contributed by atoms with Gasteiger partial charge < -0.3 is 9.47 Å². The van der Waals surface area contributed by atoms with Gasteiger partial charge in [-0.15, -0.1) is 0 Å². The first-order valence-corrected chi connectivity index (χ1v) is 7.68. The van der Waals surface area contributed by atoms with Gasteiger partial charge in [0, 0.05) is 13.1 Å². The highest BCUT2D eigenvalue weighted by Gasteiger charge is 2.01. The molecule has 2 aromatic carbocycles. The lowest BCUT2D eigenvalue weighted by molar-refractivity contribution is 0.202. The predicted octanol–water partition coefficient (Wildman–Crippen LogP) is 3.26. The monoisotopic (exact) mass is 310 g/mol. The third kappa shape index (κ3) is 6.01. The SMILES string of the molecule is Cc1ccc(OCCN(C)CCOc2ccc(C#N)cc2)cc1. The fourth-order valence-corrected chi connectivity index (χ4v) is 2.01. The van der Waals surface area contributed by atoms with E-state index in [1.807, 2.05) is 43.4 Å². The number of rotatable bonds is 8. The van der Waals surface area contributed by atoms with Gasteiger partial charge in [-0.2, -0.15) is 5.26 Å². The van der Waals surface area contributed by atoms with Gasteiger partial charge in [0.15, 0.2) is 0 Å². The molecule has 0 fully saturated rings. The molecule has 0 radical (unpaired) electrons. The minimum atomic E-state index is 0.604. The maximum atomic E-state index is 8.75. The number of hydrogen-bond acceptors (Lipinski definition) is 4. The Kier molecular flexibility index (Phi) is 6.46. The number of likely N-dealkylation sites (N-methyl/N-ethyl adjacent to an activating group) is 1. The molecule has 2 rings (SSSR count). The summed E-state index contributed by atoms with van der Waals surface area (Å²) in [6.45, 7) is 4.97. The minimum absolute atomic E-state index is 0.604. The van der Waals surface area contributed by atoms with Crippen LogP contribution in [0.5, 0.6) is 11.5 Å². The summed E-state index contributed by atoms with van der Waals surface area (Å²) in [6, 6.07) is 17.3. The van der Waals surface area contributed by atoms with Crippen LogP contribution in [0.1, 0.15) is 11.1 Å². The Morgan fingerprint density at radius 3 is 1.83 bits per heavy atom. The van der Waals surface area contributed by atoms with Gasteiger partial charge in [-0.25, -0.2) is 0 Å². The van der Waals surface area contributed by atoms with Gasteiger partial charge in [0.2, 0.25) is 0 Å².